The van der Waals surface area contributed by atoms with E-state index in [0.717, 1.165) is 44.6 Å². The molecule has 0 radical (unpaired) electrons. The standard InChI is InChI=1S/C24H39NO2/c1-7-20-17(11-9-10-12-25)22-16(4)18-14-21(26-8-2)15(3)13-19(18)24(5,6)23(22)27-20/h7,15,18-19,21-23H,1,4,8-14,25H2,2-3,5-6H3/t15?,18-,19?,21?,22?,23?/m0/s1. The lowest BCUT2D eigenvalue weighted by Gasteiger charge is -2.55. The fraction of sp³-hybridized carbons (Fsp3) is 0.750. The van der Waals surface area contributed by atoms with E-state index in [1.54, 1.807) is 0 Å². The van der Waals surface area contributed by atoms with Gasteiger partial charge < -0.3 is 15.2 Å². The number of hydrogen-bond donors (Lipinski definition) is 1. The average molecular weight is 374 g/mol. The monoisotopic (exact) mass is 373 g/mol. The fourth-order valence-corrected chi connectivity index (χ4v) is 6.02. The first-order valence-electron chi connectivity index (χ1n) is 10.9. The zero-order valence-corrected chi connectivity index (χ0v) is 17.8. The highest BCUT2D eigenvalue weighted by atomic mass is 16.5. The topological polar surface area (TPSA) is 44.5 Å². The van der Waals surface area contributed by atoms with Crippen LogP contribution in [0.2, 0.25) is 0 Å². The summed E-state index contributed by atoms with van der Waals surface area (Å²) < 4.78 is 12.6. The van der Waals surface area contributed by atoms with Gasteiger partial charge in [0, 0.05) is 17.9 Å². The molecule has 0 spiro atoms. The molecule has 5 unspecified atom stereocenters. The molecular weight excluding hydrogens is 334 g/mol. The van der Waals surface area contributed by atoms with Crippen molar-refractivity contribution in [1.29, 1.82) is 0 Å². The molecule has 0 amide bonds. The minimum Gasteiger partial charge on any atom is -0.489 e. The van der Waals surface area contributed by atoms with Gasteiger partial charge in [0.2, 0.25) is 0 Å². The summed E-state index contributed by atoms with van der Waals surface area (Å²) in [5, 5.41) is 0. The van der Waals surface area contributed by atoms with Crippen LogP contribution in [0.15, 0.2) is 36.1 Å². The van der Waals surface area contributed by atoms with E-state index in [-0.39, 0.29) is 11.5 Å². The van der Waals surface area contributed by atoms with Gasteiger partial charge in [-0.1, -0.05) is 39.5 Å². The van der Waals surface area contributed by atoms with E-state index >= 15 is 0 Å². The Bertz CT molecular complexity index is 606. The maximum Gasteiger partial charge on any atom is 0.119 e. The van der Waals surface area contributed by atoms with Crippen LogP contribution in [0.1, 0.15) is 59.8 Å². The molecule has 2 N–H and O–H groups in total. The Kier molecular flexibility index (Phi) is 6.22. The summed E-state index contributed by atoms with van der Waals surface area (Å²) in [4.78, 5) is 0. The molecule has 3 rings (SSSR count). The molecule has 0 saturated heterocycles. The SMILES string of the molecule is C=CC1=C(CCCCN)C2C(=C)[C@@H]3CC(OCC)C(C)CC3C(C)(C)C2O1. The Balaban J connectivity index is 1.91. The minimum atomic E-state index is 0.117. The third-order valence-corrected chi connectivity index (χ3v) is 7.51. The maximum absolute atomic E-state index is 6.54. The van der Waals surface area contributed by atoms with Crippen molar-refractivity contribution >= 4 is 0 Å². The molecule has 27 heavy (non-hydrogen) atoms. The molecule has 152 valence electrons. The van der Waals surface area contributed by atoms with E-state index in [1.165, 1.54) is 17.6 Å². The van der Waals surface area contributed by atoms with Crippen molar-refractivity contribution in [1.82, 2.24) is 0 Å². The molecule has 2 saturated carbocycles. The molecule has 0 aromatic rings. The van der Waals surface area contributed by atoms with E-state index < -0.39 is 0 Å². The highest BCUT2D eigenvalue weighted by Crippen LogP contribution is 2.61. The Hall–Kier alpha value is -1.06. The normalized spacial score (nSPS) is 37.6. The van der Waals surface area contributed by atoms with E-state index in [4.69, 9.17) is 15.2 Å². The van der Waals surface area contributed by atoms with Gasteiger partial charge in [-0.25, -0.2) is 0 Å². The third-order valence-electron chi connectivity index (χ3n) is 7.51. The Morgan fingerprint density at radius 3 is 2.67 bits per heavy atom. The second kappa shape index (κ2) is 8.13. The predicted octanol–water partition coefficient (Wildman–Crippen LogP) is 5.23. The summed E-state index contributed by atoms with van der Waals surface area (Å²) in [6.07, 6.45) is 7.94. The second-order valence-corrected chi connectivity index (χ2v) is 9.41. The van der Waals surface area contributed by atoms with Crippen LogP contribution < -0.4 is 5.73 Å². The van der Waals surface area contributed by atoms with Crippen LogP contribution in [-0.4, -0.2) is 25.4 Å². The van der Waals surface area contributed by atoms with Crippen LogP contribution in [-0.2, 0) is 9.47 Å². The lowest BCUT2D eigenvalue weighted by molar-refractivity contribution is -0.107. The number of ether oxygens (including phenoxy) is 2. The van der Waals surface area contributed by atoms with Crippen LogP contribution >= 0.6 is 0 Å². The second-order valence-electron chi connectivity index (χ2n) is 9.41. The fourth-order valence-electron chi connectivity index (χ4n) is 6.02. The van der Waals surface area contributed by atoms with Crippen molar-refractivity contribution in [2.75, 3.05) is 13.2 Å². The molecule has 6 atom stereocenters. The number of allylic oxidation sites excluding steroid dienone is 1. The smallest absolute Gasteiger partial charge is 0.119 e. The van der Waals surface area contributed by atoms with Gasteiger partial charge in [-0.15, -0.1) is 0 Å². The van der Waals surface area contributed by atoms with E-state index in [2.05, 4.69) is 40.9 Å². The molecular formula is C24H39NO2. The molecule has 0 aromatic carbocycles. The lowest BCUT2D eigenvalue weighted by Crippen LogP contribution is -2.54. The number of rotatable bonds is 7. The van der Waals surface area contributed by atoms with E-state index in [0.29, 0.717) is 29.8 Å². The van der Waals surface area contributed by atoms with Gasteiger partial charge >= 0.3 is 0 Å². The molecule has 1 heterocycles. The summed E-state index contributed by atoms with van der Waals surface area (Å²) in [6.45, 7) is 19.5. The molecule has 3 heteroatoms. The van der Waals surface area contributed by atoms with Crippen LogP contribution in [0.25, 0.3) is 0 Å². The third kappa shape index (κ3) is 3.53. The first-order valence-corrected chi connectivity index (χ1v) is 10.9. The van der Waals surface area contributed by atoms with Gasteiger partial charge in [-0.2, -0.15) is 0 Å². The van der Waals surface area contributed by atoms with Crippen LogP contribution in [0.3, 0.4) is 0 Å². The summed E-state index contributed by atoms with van der Waals surface area (Å²) >= 11 is 0. The Morgan fingerprint density at radius 2 is 2.04 bits per heavy atom. The number of nitrogens with two attached hydrogens (primary N) is 1. The van der Waals surface area contributed by atoms with E-state index in [9.17, 15) is 0 Å². The van der Waals surface area contributed by atoms with Crippen molar-refractivity contribution in [3.05, 3.63) is 36.1 Å². The predicted molar refractivity (Wildman–Crippen MR) is 112 cm³/mol. The minimum absolute atomic E-state index is 0.117. The molecule has 0 bridgehead atoms. The van der Waals surface area contributed by atoms with Gasteiger partial charge in [0.05, 0.1) is 6.10 Å². The molecule has 0 aromatic heterocycles. The number of unbranched alkanes of at least 4 members (excludes halogenated alkanes) is 1. The molecule has 2 aliphatic carbocycles. The summed E-state index contributed by atoms with van der Waals surface area (Å²) in [5.41, 5.74) is 8.63. The first kappa shape index (κ1) is 20.7. The van der Waals surface area contributed by atoms with Gasteiger partial charge in [-0.05, 0) is 75.0 Å². The summed E-state index contributed by atoms with van der Waals surface area (Å²) in [6, 6.07) is 0. The zero-order valence-electron chi connectivity index (χ0n) is 17.8. The summed E-state index contributed by atoms with van der Waals surface area (Å²) in [7, 11) is 0. The van der Waals surface area contributed by atoms with Gasteiger partial charge in [-0.3, -0.25) is 0 Å². The van der Waals surface area contributed by atoms with Crippen molar-refractivity contribution in [3.8, 4) is 0 Å². The average Bonchev–Trinajstić information content (AvgIpc) is 3.01. The Labute approximate surface area is 166 Å². The van der Waals surface area contributed by atoms with E-state index in [1.807, 2.05) is 6.08 Å². The molecule has 1 aliphatic heterocycles. The highest BCUT2D eigenvalue weighted by Gasteiger charge is 2.58. The van der Waals surface area contributed by atoms with Crippen LogP contribution in [0, 0.1) is 29.1 Å². The molecule has 3 nitrogen and oxygen atoms in total. The number of fused-ring (bicyclic) bond motifs is 2. The van der Waals surface area contributed by atoms with Crippen molar-refractivity contribution in [2.45, 2.75) is 72.0 Å². The summed E-state index contributed by atoms with van der Waals surface area (Å²) in [5.74, 6) is 3.04. The Morgan fingerprint density at radius 1 is 1.30 bits per heavy atom. The lowest BCUT2D eigenvalue weighted by atomic mass is 9.51. The van der Waals surface area contributed by atoms with Gasteiger partial charge in [0.1, 0.15) is 11.9 Å². The molecule has 3 aliphatic rings. The maximum atomic E-state index is 6.54. The quantitative estimate of drug-likeness (QED) is 0.491. The van der Waals surface area contributed by atoms with Crippen molar-refractivity contribution in [2.24, 2.45) is 34.8 Å². The van der Waals surface area contributed by atoms with Crippen molar-refractivity contribution < 1.29 is 9.47 Å². The first-order chi connectivity index (χ1) is 12.9. The highest BCUT2D eigenvalue weighted by molar-refractivity contribution is 5.38. The van der Waals surface area contributed by atoms with Crippen molar-refractivity contribution in [3.63, 3.8) is 0 Å². The largest absolute Gasteiger partial charge is 0.489 e. The van der Waals surface area contributed by atoms with Crippen LogP contribution in [0.4, 0.5) is 0 Å². The number of hydrogen-bond acceptors (Lipinski definition) is 3. The zero-order chi connectivity index (χ0) is 19.8. The van der Waals surface area contributed by atoms with Crippen LogP contribution in [0.5, 0.6) is 0 Å². The van der Waals surface area contributed by atoms with Gasteiger partial charge in [0.15, 0.2) is 0 Å². The molecule has 2 fully saturated rings. The van der Waals surface area contributed by atoms with Gasteiger partial charge in [0.25, 0.3) is 0 Å².